The van der Waals surface area contributed by atoms with E-state index in [-0.39, 0.29) is 0 Å². The van der Waals surface area contributed by atoms with Crippen LogP contribution in [-0.2, 0) is 13.0 Å². The summed E-state index contributed by atoms with van der Waals surface area (Å²) in [6.07, 6.45) is 4.47. The van der Waals surface area contributed by atoms with Crippen LogP contribution in [0.25, 0.3) is 11.5 Å². The first-order valence-corrected chi connectivity index (χ1v) is 7.83. The van der Waals surface area contributed by atoms with E-state index in [1.807, 2.05) is 30.5 Å². The van der Waals surface area contributed by atoms with E-state index < -0.39 is 0 Å². The largest absolute Gasteiger partial charge is 0.444 e. The topological polar surface area (TPSA) is 56.7 Å². The zero-order valence-electron chi connectivity index (χ0n) is 11.7. The molecule has 0 aliphatic carbocycles. The van der Waals surface area contributed by atoms with Gasteiger partial charge in [-0.1, -0.05) is 38.8 Å². The monoisotopic (exact) mass is 346 g/mol. The molecule has 0 saturated carbocycles. The van der Waals surface area contributed by atoms with Crippen molar-refractivity contribution < 1.29 is 4.42 Å². The first kappa shape index (κ1) is 14.0. The Hall–Kier alpha value is -1.95. The second-order valence-corrected chi connectivity index (χ2v) is 5.65. The minimum atomic E-state index is 0.560. The smallest absolute Gasteiger partial charge is 0.226 e. The van der Waals surface area contributed by atoms with Crippen molar-refractivity contribution in [3.63, 3.8) is 0 Å². The molecule has 0 fully saturated rings. The van der Waals surface area contributed by atoms with Gasteiger partial charge in [0.2, 0.25) is 5.89 Å². The van der Waals surface area contributed by atoms with Crippen molar-refractivity contribution in [2.45, 2.75) is 19.9 Å². The molecule has 6 heteroatoms. The fourth-order valence-electron chi connectivity index (χ4n) is 2.00. The molecule has 108 valence electrons. The number of halogens is 1. The number of aryl methyl sites for hydroxylation is 2. The zero-order chi connectivity index (χ0) is 14.7. The van der Waals surface area contributed by atoms with Crippen LogP contribution in [0.1, 0.15) is 17.0 Å². The molecule has 0 aliphatic rings. The van der Waals surface area contributed by atoms with E-state index >= 15 is 0 Å². The van der Waals surface area contributed by atoms with Crippen LogP contribution in [0, 0.1) is 6.92 Å². The Labute approximate surface area is 131 Å². The van der Waals surface area contributed by atoms with E-state index in [0.717, 1.165) is 28.7 Å². The Kier molecular flexibility index (Phi) is 4.15. The van der Waals surface area contributed by atoms with Gasteiger partial charge < -0.3 is 4.42 Å². The maximum atomic E-state index is 5.54. The molecule has 0 radical (unpaired) electrons. The van der Waals surface area contributed by atoms with Gasteiger partial charge in [-0.15, -0.1) is 5.10 Å². The Balaban J connectivity index is 1.73. The maximum absolute atomic E-state index is 5.54. The molecule has 3 rings (SSSR count). The molecule has 0 unspecified atom stereocenters. The summed E-state index contributed by atoms with van der Waals surface area (Å²) in [5.41, 5.74) is 3.99. The number of aromatic nitrogens is 4. The molecule has 0 saturated heterocycles. The van der Waals surface area contributed by atoms with E-state index in [1.165, 1.54) is 5.56 Å². The van der Waals surface area contributed by atoms with Crippen molar-refractivity contribution in [1.82, 2.24) is 20.0 Å². The SMILES string of the molecule is Cc1ccc(-c2nc(Cn3cc(CCBr)nn3)co2)cc1. The highest BCUT2D eigenvalue weighted by atomic mass is 79.9. The van der Waals surface area contributed by atoms with Gasteiger partial charge in [0.15, 0.2) is 0 Å². The first-order chi connectivity index (χ1) is 10.2. The average Bonchev–Trinajstić information content (AvgIpc) is 3.11. The molecule has 2 heterocycles. The molecular weight excluding hydrogens is 332 g/mol. The van der Waals surface area contributed by atoms with Crippen LogP contribution in [0.2, 0.25) is 0 Å². The van der Waals surface area contributed by atoms with Gasteiger partial charge in [0.1, 0.15) is 12.0 Å². The molecule has 0 spiro atoms. The number of hydrogen-bond acceptors (Lipinski definition) is 4. The molecule has 3 aromatic rings. The van der Waals surface area contributed by atoms with E-state index in [0.29, 0.717) is 12.4 Å². The van der Waals surface area contributed by atoms with E-state index in [2.05, 4.69) is 38.1 Å². The molecule has 0 N–H and O–H groups in total. The number of oxazole rings is 1. The van der Waals surface area contributed by atoms with Crippen molar-refractivity contribution in [2.24, 2.45) is 0 Å². The predicted octanol–water partition coefficient (Wildman–Crippen LogP) is 3.23. The van der Waals surface area contributed by atoms with Gasteiger partial charge in [0.05, 0.1) is 12.2 Å². The number of hydrogen-bond donors (Lipinski definition) is 0. The minimum absolute atomic E-state index is 0.560. The van der Waals surface area contributed by atoms with E-state index in [4.69, 9.17) is 4.42 Å². The molecular formula is C15H15BrN4O. The molecule has 0 aliphatic heterocycles. The summed E-state index contributed by atoms with van der Waals surface area (Å²) in [5, 5.41) is 9.07. The van der Waals surface area contributed by atoms with Crippen molar-refractivity contribution in [1.29, 1.82) is 0 Å². The average molecular weight is 347 g/mol. The maximum Gasteiger partial charge on any atom is 0.226 e. The Morgan fingerprint density at radius 1 is 1.19 bits per heavy atom. The van der Waals surface area contributed by atoms with Crippen LogP contribution >= 0.6 is 15.9 Å². The predicted molar refractivity (Wildman–Crippen MR) is 83.3 cm³/mol. The van der Waals surface area contributed by atoms with Crippen molar-refractivity contribution in [2.75, 3.05) is 5.33 Å². The lowest BCUT2D eigenvalue weighted by Crippen LogP contribution is -2.00. The molecule has 0 atom stereocenters. The fourth-order valence-corrected chi connectivity index (χ4v) is 2.41. The summed E-state index contributed by atoms with van der Waals surface area (Å²) in [5.74, 6) is 0.630. The normalized spacial score (nSPS) is 11.0. The van der Waals surface area contributed by atoms with Crippen LogP contribution in [0.3, 0.4) is 0 Å². The summed E-state index contributed by atoms with van der Waals surface area (Å²) in [6.45, 7) is 2.62. The van der Waals surface area contributed by atoms with Gasteiger partial charge in [-0.3, -0.25) is 0 Å². The third-order valence-electron chi connectivity index (χ3n) is 3.11. The van der Waals surface area contributed by atoms with Gasteiger partial charge in [0.25, 0.3) is 0 Å². The van der Waals surface area contributed by atoms with Gasteiger partial charge in [-0.05, 0) is 19.1 Å². The number of nitrogens with zero attached hydrogens (tertiary/aromatic N) is 4. The van der Waals surface area contributed by atoms with Crippen molar-refractivity contribution in [3.05, 3.63) is 53.7 Å². The molecule has 21 heavy (non-hydrogen) atoms. The lowest BCUT2D eigenvalue weighted by atomic mass is 10.1. The van der Waals surface area contributed by atoms with Crippen LogP contribution in [0.15, 0.2) is 41.1 Å². The highest BCUT2D eigenvalue weighted by molar-refractivity contribution is 9.09. The van der Waals surface area contributed by atoms with Gasteiger partial charge >= 0.3 is 0 Å². The lowest BCUT2D eigenvalue weighted by molar-refractivity contribution is 0.568. The summed E-state index contributed by atoms with van der Waals surface area (Å²) >= 11 is 3.39. The highest BCUT2D eigenvalue weighted by Gasteiger charge is 2.08. The van der Waals surface area contributed by atoms with Crippen LogP contribution in [0.4, 0.5) is 0 Å². The van der Waals surface area contributed by atoms with E-state index in [1.54, 1.807) is 10.9 Å². The molecule has 2 aromatic heterocycles. The Morgan fingerprint density at radius 3 is 2.76 bits per heavy atom. The molecule has 0 amide bonds. The van der Waals surface area contributed by atoms with Crippen LogP contribution in [0.5, 0.6) is 0 Å². The summed E-state index contributed by atoms with van der Waals surface area (Å²) in [4.78, 5) is 4.50. The zero-order valence-corrected chi connectivity index (χ0v) is 13.2. The third kappa shape index (κ3) is 3.39. The number of benzene rings is 1. The number of alkyl halides is 1. The Bertz CT molecular complexity index is 717. The first-order valence-electron chi connectivity index (χ1n) is 6.71. The van der Waals surface area contributed by atoms with Crippen LogP contribution < -0.4 is 0 Å². The quantitative estimate of drug-likeness (QED) is 0.665. The highest BCUT2D eigenvalue weighted by Crippen LogP contribution is 2.19. The van der Waals surface area contributed by atoms with Gasteiger partial charge in [-0.25, -0.2) is 9.67 Å². The summed E-state index contributed by atoms with van der Waals surface area (Å²) in [6, 6.07) is 8.11. The van der Waals surface area contributed by atoms with Crippen molar-refractivity contribution >= 4 is 15.9 Å². The standard InChI is InChI=1S/C15H15BrN4O/c1-11-2-4-12(5-3-11)15-17-14(10-21-15)9-20-8-13(6-7-16)18-19-20/h2-5,8,10H,6-7,9H2,1H3. The second kappa shape index (κ2) is 6.22. The van der Waals surface area contributed by atoms with Crippen molar-refractivity contribution in [3.8, 4) is 11.5 Å². The third-order valence-corrected chi connectivity index (χ3v) is 3.51. The molecule has 1 aromatic carbocycles. The van der Waals surface area contributed by atoms with Gasteiger partial charge in [0, 0.05) is 23.5 Å². The minimum Gasteiger partial charge on any atom is -0.444 e. The van der Waals surface area contributed by atoms with E-state index in [9.17, 15) is 0 Å². The second-order valence-electron chi connectivity index (χ2n) is 4.86. The summed E-state index contributed by atoms with van der Waals surface area (Å²) < 4.78 is 7.31. The molecule has 5 nitrogen and oxygen atoms in total. The summed E-state index contributed by atoms with van der Waals surface area (Å²) in [7, 11) is 0. The molecule has 0 bridgehead atoms. The number of rotatable bonds is 5. The van der Waals surface area contributed by atoms with Gasteiger partial charge in [-0.2, -0.15) is 0 Å². The van der Waals surface area contributed by atoms with Crippen LogP contribution in [-0.4, -0.2) is 25.3 Å². The Morgan fingerprint density at radius 2 is 2.00 bits per heavy atom. The lowest BCUT2D eigenvalue weighted by Gasteiger charge is -1.96. The fraction of sp³-hybridized carbons (Fsp3) is 0.267.